The molecular formula is C22H25FN6O3S. The van der Waals surface area contributed by atoms with Gasteiger partial charge in [-0.3, -0.25) is 19.0 Å². The van der Waals surface area contributed by atoms with Gasteiger partial charge in [-0.2, -0.15) is 4.98 Å². The van der Waals surface area contributed by atoms with Gasteiger partial charge in [-0.05, 0) is 43.5 Å². The smallest absolute Gasteiger partial charge is 0.273 e. The van der Waals surface area contributed by atoms with Gasteiger partial charge in [0, 0.05) is 25.3 Å². The van der Waals surface area contributed by atoms with Gasteiger partial charge in [-0.1, -0.05) is 18.3 Å². The van der Waals surface area contributed by atoms with Crippen molar-refractivity contribution in [2.75, 3.05) is 29.9 Å². The molecule has 2 aromatic heterocycles. The Bertz CT molecular complexity index is 1210. The van der Waals surface area contributed by atoms with Crippen molar-refractivity contribution in [3.05, 3.63) is 46.8 Å². The molecule has 1 aromatic carbocycles. The number of nitrogens with one attached hydrogen (secondary N) is 2. The molecule has 0 spiro atoms. The fraction of sp³-hybridized carbons (Fsp3) is 0.409. The lowest BCUT2D eigenvalue weighted by Gasteiger charge is -2.31. The minimum Gasteiger partial charge on any atom is -0.356 e. The number of rotatable bonds is 7. The number of amides is 2. The van der Waals surface area contributed by atoms with Gasteiger partial charge in [0.2, 0.25) is 11.8 Å². The minimum atomic E-state index is -0.424. The summed E-state index contributed by atoms with van der Waals surface area (Å²) in [7, 11) is 0. The van der Waals surface area contributed by atoms with E-state index in [0.29, 0.717) is 34.3 Å². The number of aromatic nitrogens is 3. The number of nitrogens with zero attached hydrogens (tertiary/aromatic N) is 4. The normalized spacial score (nSPS) is 16.1. The molecule has 174 valence electrons. The molecule has 1 aliphatic rings. The molecular weight excluding hydrogens is 447 g/mol. The summed E-state index contributed by atoms with van der Waals surface area (Å²) in [5.41, 5.74) is 0.409. The van der Waals surface area contributed by atoms with Gasteiger partial charge in [0.15, 0.2) is 10.8 Å². The van der Waals surface area contributed by atoms with E-state index in [4.69, 9.17) is 0 Å². The van der Waals surface area contributed by atoms with Gasteiger partial charge in [0.1, 0.15) is 23.4 Å². The molecule has 0 saturated carbocycles. The third-order valence-corrected chi connectivity index (χ3v) is 6.52. The number of hydrogen-bond donors (Lipinski definition) is 2. The van der Waals surface area contributed by atoms with Crippen LogP contribution >= 0.6 is 11.3 Å². The highest BCUT2D eigenvalue weighted by Gasteiger charge is 2.27. The predicted octanol–water partition coefficient (Wildman–Crippen LogP) is 2.37. The van der Waals surface area contributed by atoms with Crippen LogP contribution in [-0.2, 0) is 16.1 Å². The van der Waals surface area contributed by atoms with Crippen LogP contribution in [0.25, 0.3) is 10.3 Å². The standard InChI is InChI=1S/C22H25FN6O3S/c1-2-9-24-20(31)14-4-3-10-28(11-14)22-27-19-18(33-22)21(32)29(13-25-19)12-17(30)26-16-7-5-15(23)6-8-16/h5-8,13-14H,2-4,9-12H2,1H3,(H,24,31)(H,26,30). The first-order valence-corrected chi connectivity index (χ1v) is 11.7. The summed E-state index contributed by atoms with van der Waals surface area (Å²) in [6.07, 6.45) is 3.88. The van der Waals surface area contributed by atoms with Crippen LogP contribution in [0.4, 0.5) is 15.2 Å². The summed E-state index contributed by atoms with van der Waals surface area (Å²) in [5, 5.41) is 6.23. The fourth-order valence-corrected chi connectivity index (χ4v) is 4.73. The van der Waals surface area contributed by atoms with Crippen molar-refractivity contribution in [1.82, 2.24) is 19.9 Å². The molecule has 1 atom stereocenters. The zero-order chi connectivity index (χ0) is 23.4. The molecule has 1 fully saturated rings. The van der Waals surface area contributed by atoms with Crippen molar-refractivity contribution in [3.63, 3.8) is 0 Å². The van der Waals surface area contributed by atoms with E-state index in [1.165, 1.54) is 46.5 Å². The Morgan fingerprint density at radius 2 is 2.06 bits per heavy atom. The van der Waals surface area contributed by atoms with Crippen LogP contribution < -0.4 is 21.1 Å². The Morgan fingerprint density at radius 1 is 1.27 bits per heavy atom. The maximum atomic E-state index is 13.0. The molecule has 3 aromatic rings. The fourth-order valence-electron chi connectivity index (χ4n) is 3.73. The number of thiazole rings is 1. The molecule has 0 aliphatic carbocycles. The van der Waals surface area contributed by atoms with Gasteiger partial charge >= 0.3 is 0 Å². The molecule has 2 N–H and O–H groups in total. The maximum absolute atomic E-state index is 13.0. The van der Waals surface area contributed by atoms with Crippen molar-refractivity contribution in [2.45, 2.75) is 32.7 Å². The van der Waals surface area contributed by atoms with Crippen molar-refractivity contribution in [1.29, 1.82) is 0 Å². The van der Waals surface area contributed by atoms with Gasteiger partial charge in [-0.15, -0.1) is 0 Å². The van der Waals surface area contributed by atoms with Crippen molar-refractivity contribution in [2.24, 2.45) is 5.92 Å². The second kappa shape index (κ2) is 10.1. The number of carbonyl (C=O) groups is 2. The zero-order valence-corrected chi connectivity index (χ0v) is 19.0. The summed E-state index contributed by atoms with van der Waals surface area (Å²) in [4.78, 5) is 48.4. The van der Waals surface area contributed by atoms with E-state index in [-0.39, 0.29) is 23.9 Å². The van der Waals surface area contributed by atoms with Crippen LogP contribution in [0.5, 0.6) is 0 Å². The Hall–Kier alpha value is -3.34. The molecule has 0 bridgehead atoms. The highest BCUT2D eigenvalue weighted by Crippen LogP contribution is 2.29. The molecule has 11 heteroatoms. The van der Waals surface area contributed by atoms with Gasteiger partial charge in [-0.25, -0.2) is 9.37 Å². The summed E-state index contributed by atoms with van der Waals surface area (Å²) < 4.78 is 14.6. The van der Waals surface area contributed by atoms with Crippen molar-refractivity contribution >= 4 is 44.3 Å². The van der Waals surface area contributed by atoms with Gasteiger partial charge < -0.3 is 15.5 Å². The summed E-state index contributed by atoms with van der Waals surface area (Å²) in [5.74, 6) is -0.888. The Labute approximate surface area is 193 Å². The molecule has 4 rings (SSSR count). The second-order valence-electron chi connectivity index (χ2n) is 7.96. The predicted molar refractivity (Wildman–Crippen MR) is 125 cm³/mol. The molecule has 1 unspecified atom stereocenters. The lowest BCUT2D eigenvalue weighted by atomic mass is 9.97. The number of piperidine rings is 1. The molecule has 3 heterocycles. The van der Waals surface area contributed by atoms with Crippen molar-refractivity contribution in [3.8, 4) is 0 Å². The number of carbonyl (C=O) groups excluding carboxylic acids is 2. The van der Waals surface area contributed by atoms with E-state index in [2.05, 4.69) is 20.6 Å². The van der Waals surface area contributed by atoms with Crippen LogP contribution in [-0.4, -0.2) is 46.0 Å². The first kappa shape index (κ1) is 22.8. The Balaban J connectivity index is 1.47. The first-order chi connectivity index (χ1) is 15.9. The van der Waals surface area contributed by atoms with E-state index in [1.54, 1.807) is 0 Å². The monoisotopic (exact) mass is 472 g/mol. The Kier molecular flexibility index (Phi) is 6.97. The molecule has 0 radical (unpaired) electrons. The average molecular weight is 473 g/mol. The molecule has 33 heavy (non-hydrogen) atoms. The lowest BCUT2D eigenvalue weighted by Crippen LogP contribution is -2.43. The van der Waals surface area contributed by atoms with E-state index >= 15 is 0 Å². The minimum absolute atomic E-state index is 0.0512. The summed E-state index contributed by atoms with van der Waals surface area (Å²) >= 11 is 1.22. The third kappa shape index (κ3) is 5.36. The largest absolute Gasteiger partial charge is 0.356 e. The van der Waals surface area contributed by atoms with Crippen LogP contribution in [0.1, 0.15) is 26.2 Å². The molecule has 1 saturated heterocycles. The topological polar surface area (TPSA) is 109 Å². The maximum Gasteiger partial charge on any atom is 0.273 e. The van der Waals surface area contributed by atoms with E-state index in [0.717, 1.165) is 25.8 Å². The molecule has 9 nitrogen and oxygen atoms in total. The van der Waals surface area contributed by atoms with E-state index < -0.39 is 11.7 Å². The lowest BCUT2D eigenvalue weighted by molar-refractivity contribution is -0.125. The van der Waals surface area contributed by atoms with Gasteiger partial charge in [0.05, 0.1) is 5.92 Å². The van der Waals surface area contributed by atoms with E-state index in [1.807, 2.05) is 11.8 Å². The second-order valence-corrected chi connectivity index (χ2v) is 8.94. The van der Waals surface area contributed by atoms with E-state index in [9.17, 15) is 18.8 Å². The number of hydrogen-bond acceptors (Lipinski definition) is 7. The number of fused-ring (bicyclic) bond motifs is 1. The number of halogens is 1. The summed E-state index contributed by atoms with van der Waals surface area (Å²) in [6.45, 7) is 3.75. The quantitative estimate of drug-likeness (QED) is 0.547. The zero-order valence-electron chi connectivity index (χ0n) is 18.2. The Morgan fingerprint density at radius 3 is 2.82 bits per heavy atom. The molecule has 2 amide bonds. The van der Waals surface area contributed by atoms with Crippen LogP contribution in [0, 0.1) is 11.7 Å². The van der Waals surface area contributed by atoms with Crippen LogP contribution in [0.2, 0.25) is 0 Å². The highest BCUT2D eigenvalue weighted by molar-refractivity contribution is 7.22. The van der Waals surface area contributed by atoms with Crippen LogP contribution in [0.3, 0.4) is 0 Å². The van der Waals surface area contributed by atoms with Crippen molar-refractivity contribution < 1.29 is 14.0 Å². The number of anilines is 2. The average Bonchev–Trinajstić information content (AvgIpc) is 3.26. The SMILES string of the molecule is CCCNC(=O)C1CCCN(c2nc3ncn(CC(=O)Nc4ccc(F)cc4)c(=O)c3s2)C1. The highest BCUT2D eigenvalue weighted by atomic mass is 32.1. The first-order valence-electron chi connectivity index (χ1n) is 10.9. The number of benzene rings is 1. The van der Waals surface area contributed by atoms with Crippen LogP contribution in [0.15, 0.2) is 35.4 Å². The molecule has 1 aliphatic heterocycles. The van der Waals surface area contributed by atoms with Gasteiger partial charge in [0.25, 0.3) is 5.56 Å². The third-order valence-electron chi connectivity index (χ3n) is 5.43. The summed E-state index contributed by atoms with van der Waals surface area (Å²) in [6, 6.07) is 5.38.